The molecule has 236 valence electrons. The minimum absolute atomic E-state index is 0.129. The number of rotatable bonds is 11. The molecule has 2 amide bonds. The number of hydrogen-bond acceptors (Lipinski definition) is 9. The maximum Gasteiger partial charge on any atom is 0.332 e. The molecule has 1 unspecified atom stereocenters. The third-order valence-corrected chi connectivity index (χ3v) is 8.95. The SMILES string of the molecule is CC(=O)Nc1nc(C)c(N(c2ccc(CC(=O)Nc3c(N)n(CC4CC4)c(=O)n(Cc4ccccc4F)c3=O)cc2)S(=O)[O-])s1. The molecule has 0 radical (unpaired) electrons. The fourth-order valence-corrected chi connectivity index (χ4v) is 6.47. The zero-order valence-corrected chi connectivity index (χ0v) is 25.9. The van der Waals surface area contributed by atoms with Crippen LogP contribution < -0.4 is 31.9 Å². The molecule has 16 heteroatoms. The van der Waals surface area contributed by atoms with Crippen molar-refractivity contribution in [3.05, 3.63) is 92.0 Å². The van der Waals surface area contributed by atoms with Gasteiger partial charge in [-0.1, -0.05) is 41.7 Å². The largest absolute Gasteiger partial charge is 0.755 e. The Morgan fingerprint density at radius 1 is 1.13 bits per heavy atom. The molecule has 13 nitrogen and oxygen atoms in total. The Labute approximate surface area is 262 Å². The first-order valence-corrected chi connectivity index (χ1v) is 15.7. The molecule has 2 aromatic heterocycles. The highest BCUT2D eigenvalue weighted by Crippen LogP contribution is 2.37. The first kappa shape index (κ1) is 31.7. The van der Waals surface area contributed by atoms with E-state index in [1.165, 1.54) is 41.8 Å². The fourth-order valence-electron chi connectivity index (χ4n) is 4.67. The molecule has 0 aliphatic heterocycles. The van der Waals surface area contributed by atoms with Gasteiger partial charge in [-0.2, -0.15) is 0 Å². The maximum absolute atomic E-state index is 14.4. The number of aromatic nitrogens is 3. The van der Waals surface area contributed by atoms with E-state index in [-0.39, 0.29) is 64.2 Å². The molecule has 0 saturated heterocycles. The van der Waals surface area contributed by atoms with E-state index in [4.69, 9.17) is 5.73 Å². The van der Waals surface area contributed by atoms with Crippen molar-refractivity contribution in [3.8, 4) is 0 Å². The van der Waals surface area contributed by atoms with Crippen LogP contribution in [0.2, 0.25) is 0 Å². The molecule has 1 fully saturated rings. The van der Waals surface area contributed by atoms with Gasteiger partial charge in [-0.3, -0.25) is 32.0 Å². The highest BCUT2D eigenvalue weighted by molar-refractivity contribution is 7.81. The Kier molecular flexibility index (Phi) is 9.27. The number of nitrogens with one attached hydrogen (secondary N) is 2. The summed E-state index contributed by atoms with van der Waals surface area (Å²) in [4.78, 5) is 55.4. The van der Waals surface area contributed by atoms with Gasteiger partial charge in [-0.05, 0) is 49.4 Å². The number of halogens is 1. The van der Waals surface area contributed by atoms with Crippen molar-refractivity contribution < 1.29 is 22.7 Å². The van der Waals surface area contributed by atoms with Crippen molar-refractivity contribution in [1.82, 2.24) is 14.1 Å². The number of thiazole rings is 1. The van der Waals surface area contributed by atoms with Crippen LogP contribution in [0.5, 0.6) is 0 Å². The molecule has 4 aromatic rings. The van der Waals surface area contributed by atoms with Gasteiger partial charge in [0.05, 0.1) is 35.6 Å². The van der Waals surface area contributed by atoms with Gasteiger partial charge in [-0.25, -0.2) is 14.2 Å². The van der Waals surface area contributed by atoms with Crippen LogP contribution in [0.1, 0.15) is 36.6 Å². The van der Waals surface area contributed by atoms with Gasteiger partial charge >= 0.3 is 5.69 Å². The van der Waals surface area contributed by atoms with Gasteiger partial charge < -0.3 is 20.9 Å². The summed E-state index contributed by atoms with van der Waals surface area (Å²) < 4.78 is 41.8. The van der Waals surface area contributed by atoms with Crippen LogP contribution in [-0.2, 0) is 40.4 Å². The molecule has 45 heavy (non-hydrogen) atoms. The fraction of sp³-hybridized carbons (Fsp3) is 0.276. The van der Waals surface area contributed by atoms with Crippen LogP contribution in [0.15, 0.2) is 58.1 Å². The predicted octanol–water partition coefficient (Wildman–Crippen LogP) is 3.03. The first-order chi connectivity index (χ1) is 21.4. The second kappa shape index (κ2) is 13.1. The number of hydrogen-bond donors (Lipinski definition) is 3. The van der Waals surface area contributed by atoms with Crippen molar-refractivity contribution in [2.75, 3.05) is 20.7 Å². The Bertz CT molecular complexity index is 1920. The summed E-state index contributed by atoms with van der Waals surface area (Å²) in [5.74, 6) is -1.51. The van der Waals surface area contributed by atoms with Gasteiger partial charge in [0.25, 0.3) is 5.56 Å². The number of amides is 2. The first-order valence-electron chi connectivity index (χ1n) is 13.8. The highest BCUT2D eigenvalue weighted by Gasteiger charge is 2.27. The third-order valence-electron chi connectivity index (χ3n) is 7.08. The van der Waals surface area contributed by atoms with Crippen LogP contribution in [-0.4, -0.2) is 34.7 Å². The quantitative estimate of drug-likeness (QED) is 0.206. The van der Waals surface area contributed by atoms with Crippen molar-refractivity contribution in [3.63, 3.8) is 0 Å². The average Bonchev–Trinajstić information content (AvgIpc) is 3.74. The van der Waals surface area contributed by atoms with E-state index in [0.29, 0.717) is 11.3 Å². The standard InChI is InChI=1S/C29H30FN7O6S2/c1-16-27(44-28(32-16)33-17(2)38)37(45(42)43)21-11-9-18(10-12-21)13-23(39)34-24-25(31)35(14-19-7-8-19)29(41)36(26(24)40)15-20-5-3-4-6-22(20)30/h3-6,9-12,19H,7-8,13-15,31H2,1-2H3,(H,34,39)(H,42,43)(H,32,33,38)/p-1. The smallest absolute Gasteiger partial charge is 0.332 e. The average molecular weight is 655 g/mol. The second-order valence-electron chi connectivity index (χ2n) is 10.6. The molecule has 0 spiro atoms. The van der Waals surface area contributed by atoms with E-state index in [2.05, 4.69) is 15.6 Å². The van der Waals surface area contributed by atoms with Crippen molar-refractivity contribution >= 4 is 61.7 Å². The Hall–Kier alpha value is -4.67. The molecule has 0 bridgehead atoms. The summed E-state index contributed by atoms with van der Waals surface area (Å²) in [6, 6.07) is 11.9. The van der Waals surface area contributed by atoms with E-state index in [0.717, 1.165) is 33.1 Å². The molecular weight excluding hydrogens is 625 g/mol. The van der Waals surface area contributed by atoms with Crippen molar-refractivity contribution in [1.29, 1.82) is 0 Å². The Morgan fingerprint density at radius 3 is 2.44 bits per heavy atom. The zero-order valence-electron chi connectivity index (χ0n) is 24.2. The lowest BCUT2D eigenvalue weighted by atomic mass is 10.1. The number of nitrogens with zero attached hydrogens (tertiary/aromatic N) is 4. The van der Waals surface area contributed by atoms with Crippen LogP contribution >= 0.6 is 11.3 Å². The Morgan fingerprint density at radius 2 is 1.82 bits per heavy atom. The van der Waals surface area contributed by atoms with E-state index in [1.54, 1.807) is 25.1 Å². The molecule has 1 saturated carbocycles. The molecule has 4 N–H and O–H groups in total. The number of carbonyl (C=O) groups is 2. The number of carbonyl (C=O) groups excluding carboxylic acids is 2. The van der Waals surface area contributed by atoms with Crippen LogP contribution in [0.25, 0.3) is 0 Å². The Balaban J connectivity index is 1.38. The summed E-state index contributed by atoms with van der Waals surface area (Å²) in [6.45, 7) is 2.84. The summed E-state index contributed by atoms with van der Waals surface area (Å²) >= 11 is -1.74. The van der Waals surface area contributed by atoms with Crippen LogP contribution in [0, 0.1) is 18.7 Å². The lowest BCUT2D eigenvalue weighted by Gasteiger charge is -2.25. The van der Waals surface area contributed by atoms with Gasteiger partial charge in [-0.15, -0.1) is 0 Å². The molecular formula is C29H29FN7O6S2-. The number of nitrogen functional groups attached to an aromatic ring is 1. The van der Waals surface area contributed by atoms with Crippen LogP contribution in [0.4, 0.5) is 31.7 Å². The summed E-state index contributed by atoms with van der Waals surface area (Å²) in [6.07, 6.45) is 1.58. The summed E-state index contributed by atoms with van der Waals surface area (Å²) in [5, 5.41) is 5.59. The zero-order chi connectivity index (χ0) is 32.4. The van der Waals surface area contributed by atoms with E-state index < -0.39 is 34.2 Å². The highest BCUT2D eigenvalue weighted by atomic mass is 32.2. The van der Waals surface area contributed by atoms with Gasteiger partial charge in [0.2, 0.25) is 11.8 Å². The second-order valence-corrected chi connectivity index (χ2v) is 12.4. The molecule has 5 rings (SSSR count). The minimum Gasteiger partial charge on any atom is -0.755 e. The number of nitrogens with two attached hydrogens (primary N) is 1. The molecule has 1 atom stereocenters. The lowest BCUT2D eigenvalue weighted by Crippen LogP contribution is -2.43. The molecule has 1 aliphatic carbocycles. The number of benzene rings is 2. The van der Waals surface area contributed by atoms with E-state index in [1.807, 2.05) is 0 Å². The number of anilines is 5. The topological polar surface area (TPSA) is 184 Å². The van der Waals surface area contributed by atoms with Gasteiger partial charge in [0.1, 0.15) is 22.3 Å². The van der Waals surface area contributed by atoms with E-state index >= 15 is 0 Å². The summed E-state index contributed by atoms with van der Waals surface area (Å²) in [7, 11) is 0. The van der Waals surface area contributed by atoms with Gasteiger partial charge in [0.15, 0.2) is 5.13 Å². The molecule has 2 aromatic carbocycles. The molecule has 2 heterocycles. The normalized spacial score (nSPS) is 13.3. The van der Waals surface area contributed by atoms with Crippen LogP contribution in [0.3, 0.4) is 0 Å². The maximum atomic E-state index is 14.4. The monoisotopic (exact) mass is 654 g/mol. The summed E-state index contributed by atoms with van der Waals surface area (Å²) in [5.41, 5.74) is 5.68. The van der Waals surface area contributed by atoms with E-state index in [9.17, 15) is 32.3 Å². The number of aryl methyl sites for hydroxylation is 1. The molecule has 1 aliphatic rings. The minimum atomic E-state index is -2.73. The third kappa shape index (κ3) is 7.19. The predicted molar refractivity (Wildman–Crippen MR) is 169 cm³/mol. The van der Waals surface area contributed by atoms with Gasteiger partial charge in [0, 0.05) is 19.0 Å². The van der Waals surface area contributed by atoms with Crippen molar-refractivity contribution in [2.24, 2.45) is 5.92 Å². The van der Waals surface area contributed by atoms with Crippen molar-refractivity contribution in [2.45, 2.75) is 46.2 Å². The lowest BCUT2D eigenvalue weighted by molar-refractivity contribution is -0.116.